The molecular weight excluding hydrogens is 217 g/mol. The maximum atomic E-state index is 7.88. The van der Waals surface area contributed by atoms with Crippen molar-refractivity contribution in [2.75, 3.05) is 0 Å². The Morgan fingerprint density at radius 1 is 1.00 bits per heavy atom. The number of hydrogen-bond acceptors (Lipinski definition) is 3. The molecule has 6 heavy (non-hydrogen) atoms. The fourth-order valence-corrected chi connectivity index (χ4v) is 0. The van der Waals surface area contributed by atoms with Gasteiger partial charge in [0, 0.05) is 34.1 Å². The molecule has 3 nitrogen and oxygen atoms in total. The number of hydrogen-bond donors (Lipinski definition) is 2. The summed E-state index contributed by atoms with van der Waals surface area (Å²) < 4.78 is 7.88. The summed E-state index contributed by atoms with van der Waals surface area (Å²) in [5.74, 6) is 0. The Labute approximate surface area is 63.9 Å². The van der Waals surface area contributed by atoms with E-state index in [1.54, 1.807) is 0 Å². The molecule has 0 fully saturated rings. The van der Waals surface area contributed by atoms with E-state index >= 15 is 0 Å². The molecule has 0 bridgehead atoms. The van der Waals surface area contributed by atoms with Crippen LogP contribution < -0.4 is 0 Å². The first-order valence-electron chi connectivity index (χ1n) is 0.329. The molecule has 0 aliphatic rings. The Morgan fingerprint density at radius 2 is 1.00 bits per heavy atom. The minimum atomic E-state index is 0. The molecule has 0 aromatic carbocycles. The predicted molar refractivity (Wildman–Crippen MR) is 5.94 cm³/mol. The van der Waals surface area contributed by atoms with Crippen LogP contribution in [-0.4, -0.2) is 10.5 Å². The van der Waals surface area contributed by atoms with Gasteiger partial charge in [0.2, 0.25) is 0 Å². The van der Waals surface area contributed by atoms with Gasteiger partial charge in [-0.05, 0) is 0 Å². The van der Waals surface area contributed by atoms with Crippen LogP contribution in [0.2, 0.25) is 0 Å². The molecule has 0 aliphatic heterocycles. The second-order valence-electron chi connectivity index (χ2n) is 0. The summed E-state index contributed by atoms with van der Waals surface area (Å²) in [6, 6.07) is 0. The molecule has 0 rings (SSSR count). The summed E-state index contributed by atoms with van der Waals surface area (Å²) in [4.78, 5) is 0. The van der Waals surface area contributed by atoms with E-state index in [1.807, 2.05) is 0 Å². The Morgan fingerprint density at radius 3 is 1.00 bits per heavy atom. The van der Waals surface area contributed by atoms with Crippen molar-refractivity contribution in [1.29, 1.82) is 0 Å². The van der Waals surface area contributed by atoms with Crippen LogP contribution in [0.15, 0.2) is 0 Å². The van der Waals surface area contributed by atoms with Crippen molar-refractivity contribution < 1.29 is 63.9 Å². The van der Waals surface area contributed by atoms with Crippen molar-refractivity contribution in [3.63, 3.8) is 0 Å². The summed E-state index contributed by atoms with van der Waals surface area (Å²) in [5, 5.41) is 12.0. The second kappa shape index (κ2) is 110. The van der Waals surface area contributed by atoms with Gasteiger partial charge in [0.15, 0.2) is 0 Å². The van der Waals surface area contributed by atoms with Crippen molar-refractivity contribution >= 4 is 0 Å². The quantitative estimate of drug-likeness (QED) is 0.339. The first kappa shape index (κ1) is 26.8. The van der Waals surface area contributed by atoms with Crippen molar-refractivity contribution in [3.8, 4) is 0 Å². The summed E-state index contributed by atoms with van der Waals surface area (Å²) in [6.07, 6.45) is 0. The third-order valence-corrected chi connectivity index (χ3v) is 0. The molecule has 2 radical (unpaired) electrons. The molecule has 0 amide bonds. The van der Waals surface area contributed by atoms with Gasteiger partial charge in [-0.25, -0.2) is 0 Å². The Bertz CT molecular complexity index is 8.75. The summed E-state index contributed by atoms with van der Waals surface area (Å²) in [7, 11) is 0. The SMILES string of the molecule is OO.[Mn].[Mn].[O]=[Ni]. The molecule has 0 saturated carbocycles. The van der Waals surface area contributed by atoms with Crippen LogP contribution in [0.5, 0.6) is 0 Å². The zero-order valence-electron chi connectivity index (χ0n) is 2.37. The molecule has 0 unspecified atom stereocenters. The normalized spacial score (nSPS) is 2.00. The fourth-order valence-electron chi connectivity index (χ4n) is 0. The van der Waals surface area contributed by atoms with Crippen LogP contribution in [-0.2, 0) is 53.4 Å². The summed E-state index contributed by atoms with van der Waals surface area (Å²) in [5.41, 5.74) is 0. The van der Waals surface area contributed by atoms with Gasteiger partial charge in [0.25, 0.3) is 0 Å². The van der Waals surface area contributed by atoms with Gasteiger partial charge >= 0.3 is 19.3 Å². The minimum absolute atomic E-state index is 0. The van der Waals surface area contributed by atoms with Crippen LogP contribution in [0, 0.1) is 0 Å². The van der Waals surface area contributed by atoms with E-state index in [1.165, 1.54) is 0 Å². The summed E-state index contributed by atoms with van der Waals surface area (Å²) >= 11 is 2.62. The molecule has 0 aromatic heterocycles. The van der Waals surface area contributed by atoms with Crippen LogP contribution in [0.25, 0.3) is 0 Å². The summed E-state index contributed by atoms with van der Waals surface area (Å²) in [6.45, 7) is 0. The zero-order valence-corrected chi connectivity index (χ0v) is 5.72. The molecule has 0 atom stereocenters. The molecule has 6 heteroatoms. The first-order chi connectivity index (χ1) is 2.00. The fraction of sp³-hybridized carbons (Fsp3) is 0. The molecule has 2 N–H and O–H groups in total. The standard InChI is InChI=1S/2Mn.Ni.H2O2.O/c;;;1-2;/h;;;1-2H;. The van der Waals surface area contributed by atoms with Crippen molar-refractivity contribution in [2.24, 2.45) is 0 Å². The third-order valence-electron chi connectivity index (χ3n) is 0. The van der Waals surface area contributed by atoms with Gasteiger partial charge in [0.1, 0.15) is 0 Å². The van der Waals surface area contributed by atoms with Crippen LogP contribution >= 0.6 is 0 Å². The van der Waals surface area contributed by atoms with E-state index in [9.17, 15) is 0 Å². The monoisotopic (exact) mass is 218 g/mol. The van der Waals surface area contributed by atoms with E-state index in [-0.39, 0.29) is 34.1 Å². The average molecular weight is 219 g/mol. The first-order valence-corrected chi connectivity index (χ1v) is 0.732. The van der Waals surface area contributed by atoms with E-state index < -0.39 is 0 Å². The Balaban J connectivity index is -0.00000000500. The molecule has 0 spiro atoms. The third kappa shape index (κ3) is 60.5. The maximum absolute atomic E-state index is 7.88. The molecule has 0 saturated heterocycles. The Hall–Kier alpha value is 1.25. The van der Waals surface area contributed by atoms with Crippen LogP contribution in [0.3, 0.4) is 0 Å². The molecule has 0 aliphatic carbocycles. The van der Waals surface area contributed by atoms with Gasteiger partial charge in [-0.2, -0.15) is 0 Å². The van der Waals surface area contributed by atoms with Gasteiger partial charge in [-0.3, -0.25) is 10.5 Å². The van der Waals surface area contributed by atoms with E-state index in [2.05, 4.69) is 15.4 Å². The van der Waals surface area contributed by atoms with E-state index in [0.29, 0.717) is 0 Å². The van der Waals surface area contributed by atoms with Crippen LogP contribution in [0.4, 0.5) is 0 Å². The molecular formula is H2Mn2NiO3. The van der Waals surface area contributed by atoms with Crippen molar-refractivity contribution in [2.45, 2.75) is 0 Å². The zero-order chi connectivity index (χ0) is 4.00. The average Bonchev–Trinajstić information content (AvgIpc) is 1.50. The van der Waals surface area contributed by atoms with Crippen molar-refractivity contribution in [3.05, 3.63) is 0 Å². The topological polar surface area (TPSA) is 57.5 Å². The second-order valence-corrected chi connectivity index (χ2v) is 0. The molecule has 44 valence electrons. The molecule has 0 heterocycles. The predicted octanol–water partition coefficient (Wildman–Crippen LogP) is -0.109. The van der Waals surface area contributed by atoms with Crippen LogP contribution in [0.1, 0.15) is 0 Å². The van der Waals surface area contributed by atoms with Gasteiger partial charge in [0.05, 0.1) is 0 Å². The van der Waals surface area contributed by atoms with Crippen molar-refractivity contribution in [1.82, 2.24) is 0 Å². The van der Waals surface area contributed by atoms with E-state index in [4.69, 9.17) is 14.4 Å². The van der Waals surface area contributed by atoms with Gasteiger partial charge in [-0.15, -0.1) is 0 Å². The Kier molecular flexibility index (Phi) is 491. The van der Waals surface area contributed by atoms with Gasteiger partial charge in [-0.1, -0.05) is 0 Å². The molecule has 0 aromatic rings. The van der Waals surface area contributed by atoms with E-state index in [0.717, 1.165) is 0 Å². The van der Waals surface area contributed by atoms with Gasteiger partial charge < -0.3 is 0 Å². The number of rotatable bonds is 0.